The summed E-state index contributed by atoms with van der Waals surface area (Å²) < 4.78 is 55.9. The second-order valence-corrected chi connectivity index (χ2v) is 12.3. The third-order valence-electron chi connectivity index (χ3n) is 3.79. The number of H-pyrrole nitrogens is 1. The van der Waals surface area contributed by atoms with Crippen molar-refractivity contribution in [3.63, 3.8) is 0 Å². The third kappa shape index (κ3) is 9.12. The molecular weight excluding hydrogens is 544 g/mol. The van der Waals surface area contributed by atoms with Crippen LogP contribution in [0.3, 0.4) is 0 Å². The van der Waals surface area contributed by atoms with Crippen LogP contribution in [0.15, 0.2) is 15.8 Å². The van der Waals surface area contributed by atoms with E-state index in [9.17, 15) is 38.0 Å². The fraction of sp³-hybridized carbons (Fsp3) is 0.600. The van der Waals surface area contributed by atoms with Crippen LogP contribution in [0.4, 0.5) is 0 Å². The van der Waals surface area contributed by atoms with Crippen LogP contribution in [0.1, 0.15) is 18.2 Å². The quantitative estimate of drug-likeness (QED) is 0.146. The molecule has 1 aromatic heterocycles. The van der Waals surface area contributed by atoms with Gasteiger partial charge in [-0.15, -0.1) is 0 Å². The molecule has 0 amide bonds. The van der Waals surface area contributed by atoms with Gasteiger partial charge in [0.25, 0.3) is 0 Å². The van der Waals surface area contributed by atoms with Crippen molar-refractivity contribution in [1.82, 2.24) is 9.55 Å². The summed E-state index contributed by atoms with van der Waals surface area (Å²) in [6.07, 6.45) is -3.68. The maximum absolute atomic E-state index is 12.0. The molecular formula is C10H20N2O17P4. The topological polar surface area (TPSA) is 294 Å². The van der Waals surface area contributed by atoms with Crippen molar-refractivity contribution in [2.75, 3.05) is 6.61 Å². The van der Waals surface area contributed by atoms with E-state index in [1.807, 2.05) is 4.98 Å². The zero-order valence-electron chi connectivity index (χ0n) is 16.2. The van der Waals surface area contributed by atoms with E-state index in [1.165, 1.54) is 6.92 Å². The molecule has 2 rings (SSSR count). The van der Waals surface area contributed by atoms with E-state index >= 15 is 0 Å². The summed E-state index contributed by atoms with van der Waals surface area (Å²) in [6, 6.07) is 0. The molecule has 0 aromatic carbocycles. The minimum absolute atomic E-state index is 0.0830. The van der Waals surface area contributed by atoms with Gasteiger partial charge in [0, 0.05) is 0 Å². The van der Waals surface area contributed by atoms with Crippen molar-refractivity contribution in [3.8, 4) is 0 Å². The summed E-state index contributed by atoms with van der Waals surface area (Å²) in [5.74, 6) is 0. The van der Waals surface area contributed by atoms with Crippen molar-refractivity contribution in [2.45, 2.75) is 31.8 Å². The van der Waals surface area contributed by atoms with Gasteiger partial charge in [-0.3, -0.25) is 0 Å². The second kappa shape index (κ2) is 10.1. The molecule has 1 aromatic rings. The average Bonchev–Trinajstić information content (AvgIpc) is 2.93. The number of hydrogen-bond donors (Lipinski definition) is 8. The predicted octanol–water partition coefficient (Wildman–Crippen LogP) is -1.75. The minimum atomic E-state index is -5.72. The molecule has 2 heterocycles. The first kappa shape index (κ1) is 28.6. The Labute approximate surface area is 183 Å². The summed E-state index contributed by atoms with van der Waals surface area (Å²) in [5.41, 5.74) is -1.56. The van der Waals surface area contributed by atoms with Crippen LogP contribution >= 0.6 is 31.6 Å². The summed E-state index contributed by atoms with van der Waals surface area (Å²) in [7, 11) is -22.1. The van der Waals surface area contributed by atoms with Gasteiger partial charge in [0.2, 0.25) is 0 Å². The Balaban J connectivity index is 2.19. The summed E-state index contributed by atoms with van der Waals surface area (Å²) >= 11 is 0. The summed E-state index contributed by atoms with van der Waals surface area (Å²) in [4.78, 5) is 89.2. The Kier molecular flexibility index (Phi) is 8.76. The van der Waals surface area contributed by atoms with E-state index < -0.39 is 74.4 Å². The third-order valence-corrected chi connectivity index (χ3v) is 8.43. The van der Waals surface area contributed by atoms with Gasteiger partial charge < -0.3 is 0 Å². The maximum atomic E-state index is 12.0. The van der Waals surface area contributed by atoms with Crippen molar-refractivity contribution < 1.29 is 70.4 Å². The van der Waals surface area contributed by atoms with Crippen LogP contribution in [-0.4, -0.2) is 62.6 Å². The second-order valence-electron chi connectivity index (χ2n) is 6.47. The number of rotatable bonds is 10. The van der Waals surface area contributed by atoms with Crippen molar-refractivity contribution in [2.24, 2.45) is 0 Å². The molecule has 0 radical (unpaired) electrons. The number of phosphoric ester groups is 1. The monoisotopic (exact) mass is 564 g/mol. The fourth-order valence-corrected chi connectivity index (χ4v) is 6.50. The number of nitrogens with one attached hydrogen (secondary N) is 1. The first-order chi connectivity index (χ1) is 14.8. The first-order valence-corrected chi connectivity index (χ1v) is 14.6. The fourth-order valence-electron chi connectivity index (χ4n) is 2.63. The van der Waals surface area contributed by atoms with E-state index in [2.05, 4.69) is 17.7 Å². The molecule has 0 saturated carbocycles. The van der Waals surface area contributed by atoms with Crippen LogP contribution in [0.5, 0.6) is 0 Å². The molecule has 1 unspecified atom stereocenters. The number of hydrogen-bond acceptors (Lipinski definition) is 12. The molecule has 8 N–H and O–H groups in total. The van der Waals surface area contributed by atoms with Crippen LogP contribution in [-0.2, 0) is 36.1 Å². The number of aromatic amines is 1. The Morgan fingerprint density at radius 3 is 2.30 bits per heavy atom. The first-order valence-electron chi connectivity index (χ1n) is 8.37. The standard InChI is InChI=1S/C10H20N2O17P4/c1-5-3-12(10(14)11-9(5)13)8-2-6(27-30(15,16)17)7(26-8)4-25-32(21,22)29-33(23,24)28-31(18,19)20/h3,6-8,21-22,32H,2,4H2,1H3,(H,23,24)(H,11,13,14)(H2,15,16,17)(H2,18,19,20)/t6-,7-,8-/m1/s1. The Morgan fingerprint density at radius 2 is 1.76 bits per heavy atom. The van der Waals surface area contributed by atoms with Gasteiger partial charge >= 0.3 is 183 Å². The summed E-state index contributed by atoms with van der Waals surface area (Å²) in [5, 5.41) is 0. The summed E-state index contributed by atoms with van der Waals surface area (Å²) in [6.45, 7) is 0.336. The molecule has 1 saturated heterocycles. The number of ether oxygens (including phenoxy) is 1. The van der Waals surface area contributed by atoms with Crippen molar-refractivity contribution >= 4 is 31.6 Å². The van der Waals surface area contributed by atoms with E-state index in [0.717, 1.165) is 10.8 Å². The number of nitrogens with zero attached hydrogens (tertiary/aromatic N) is 1. The van der Waals surface area contributed by atoms with E-state index in [-0.39, 0.29) is 5.56 Å². The van der Waals surface area contributed by atoms with Crippen molar-refractivity contribution in [3.05, 3.63) is 32.6 Å². The van der Waals surface area contributed by atoms with Gasteiger partial charge in [-0.1, -0.05) is 0 Å². The average molecular weight is 564 g/mol. The van der Waals surface area contributed by atoms with E-state index in [0.29, 0.717) is 0 Å². The van der Waals surface area contributed by atoms with Crippen LogP contribution in [0.25, 0.3) is 0 Å². The van der Waals surface area contributed by atoms with Gasteiger partial charge in [0.15, 0.2) is 0 Å². The predicted molar refractivity (Wildman–Crippen MR) is 104 cm³/mol. The van der Waals surface area contributed by atoms with Crippen LogP contribution < -0.4 is 11.2 Å². The molecule has 4 atom stereocenters. The SMILES string of the molecule is Cc1cn([C@H]2C[C@@H](OP(=O)(O)O)[C@@H](CO[PH](O)(O)OP(=O)(O)OP(=O)(O)O)O2)c(=O)[nH]c1=O. The molecule has 0 spiro atoms. The van der Waals surface area contributed by atoms with Crippen molar-refractivity contribution in [1.29, 1.82) is 0 Å². The van der Waals surface area contributed by atoms with E-state index in [1.54, 1.807) is 0 Å². The van der Waals surface area contributed by atoms with Gasteiger partial charge in [0.1, 0.15) is 0 Å². The Hall–Kier alpha value is -0.680. The van der Waals surface area contributed by atoms with Crippen LogP contribution in [0.2, 0.25) is 0 Å². The molecule has 192 valence electrons. The normalized spacial score (nSPS) is 24.5. The zero-order valence-corrected chi connectivity index (χ0v) is 19.9. The van der Waals surface area contributed by atoms with Gasteiger partial charge in [0.05, 0.1) is 0 Å². The van der Waals surface area contributed by atoms with Crippen LogP contribution in [0, 0.1) is 6.92 Å². The molecule has 0 bridgehead atoms. The molecule has 23 heteroatoms. The Bertz CT molecular complexity index is 1120. The van der Waals surface area contributed by atoms with Gasteiger partial charge in [-0.05, 0) is 0 Å². The van der Waals surface area contributed by atoms with E-state index in [4.69, 9.17) is 24.3 Å². The molecule has 0 aliphatic carbocycles. The number of aromatic nitrogens is 2. The van der Waals surface area contributed by atoms with Gasteiger partial charge in [-0.25, -0.2) is 0 Å². The Morgan fingerprint density at radius 1 is 1.15 bits per heavy atom. The molecule has 1 aliphatic heterocycles. The number of phosphoric acid groups is 3. The van der Waals surface area contributed by atoms with Gasteiger partial charge in [-0.2, -0.15) is 0 Å². The molecule has 33 heavy (non-hydrogen) atoms. The zero-order chi connectivity index (χ0) is 25.4. The molecule has 1 aliphatic rings. The molecule has 1 fully saturated rings. The molecule has 19 nitrogen and oxygen atoms in total. The number of aryl methyl sites for hydroxylation is 1.